The molecule has 0 fully saturated rings. The van der Waals surface area contributed by atoms with Crippen LogP contribution in [0.2, 0.25) is 0 Å². The summed E-state index contributed by atoms with van der Waals surface area (Å²) in [5.74, 6) is -0.268. The second kappa shape index (κ2) is 7.09. The molecule has 0 bridgehead atoms. The number of rotatable bonds is 4. The monoisotopic (exact) mass is 336 g/mol. The Balaban J connectivity index is 1.67. The molecule has 0 spiro atoms. The van der Waals surface area contributed by atoms with Gasteiger partial charge in [-0.15, -0.1) is 0 Å². The topological polar surface area (TPSA) is 66.9 Å². The van der Waals surface area contributed by atoms with Gasteiger partial charge in [-0.2, -0.15) is 0 Å². The standard InChI is InChI=1S/C19H17FN4O/c1-12-3-6-17(9-13(12)2)23-18(25)14-10-21-19(22-11-14)24-16-7-4-15(20)5-8-16/h3-11H,1-2H3,(H,23,25)(H,21,22,24). The molecule has 3 aromatic rings. The van der Waals surface area contributed by atoms with Crippen LogP contribution in [0.4, 0.5) is 21.7 Å². The first-order chi connectivity index (χ1) is 12.0. The number of halogens is 1. The molecule has 1 aromatic heterocycles. The fourth-order valence-electron chi connectivity index (χ4n) is 2.19. The average Bonchev–Trinajstić information content (AvgIpc) is 2.61. The van der Waals surface area contributed by atoms with Crippen molar-refractivity contribution in [2.75, 3.05) is 10.6 Å². The summed E-state index contributed by atoms with van der Waals surface area (Å²) in [5, 5.41) is 5.76. The van der Waals surface area contributed by atoms with Crippen LogP contribution < -0.4 is 10.6 Å². The predicted octanol–water partition coefficient (Wildman–Crippen LogP) is 4.23. The molecule has 0 atom stereocenters. The van der Waals surface area contributed by atoms with Crippen LogP contribution in [0.3, 0.4) is 0 Å². The van der Waals surface area contributed by atoms with Crippen LogP contribution >= 0.6 is 0 Å². The van der Waals surface area contributed by atoms with E-state index in [1.807, 2.05) is 32.0 Å². The zero-order chi connectivity index (χ0) is 17.8. The summed E-state index contributed by atoms with van der Waals surface area (Å²) >= 11 is 0. The van der Waals surface area contributed by atoms with Gasteiger partial charge in [0, 0.05) is 23.8 Å². The van der Waals surface area contributed by atoms with Crippen LogP contribution in [0.5, 0.6) is 0 Å². The molecule has 0 aliphatic carbocycles. The lowest BCUT2D eigenvalue weighted by molar-refractivity contribution is 0.102. The Morgan fingerprint density at radius 2 is 1.56 bits per heavy atom. The molecule has 0 saturated heterocycles. The van der Waals surface area contributed by atoms with Gasteiger partial charge in [0.15, 0.2) is 0 Å². The van der Waals surface area contributed by atoms with E-state index in [1.54, 1.807) is 12.1 Å². The van der Waals surface area contributed by atoms with Gasteiger partial charge in [0.25, 0.3) is 5.91 Å². The fourth-order valence-corrected chi connectivity index (χ4v) is 2.19. The first kappa shape index (κ1) is 16.6. The number of hydrogen-bond donors (Lipinski definition) is 2. The number of carbonyl (C=O) groups excluding carboxylic acids is 1. The molecule has 0 aliphatic heterocycles. The lowest BCUT2D eigenvalue weighted by atomic mass is 10.1. The highest BCUT2D eigenvalue weighted by Crippen LogP contribution is 2.16. The highest BCUT2D eigenvalue weighted by molar-refractivity contribution is 6.03. The molecule has 1 amide bonds. The van der Waals surface area contributed by atoms with E-state index in [9.17, 15) is 9.18 Å². The van der Waals surface area contributed by atoms with Gasteiger partial charge < -0.3 is 10.6 Å². The van der Waals surface area contributed by atoms with Crippen LogP contribution in [0.1, 0.15) is 21.5 Å². The number of carbonyl (C=O) groups is 1. The quantitative estimate of drug-likeness (QED) is 0.748. The van der Waals surface area contributed by atoms with E-state index < -0.39 is 0 Å². The molecule has 0 aliphatic rings. The van der Waals surface area contributed by atoms with Crippen molar-refractivity contribution in [3.05, 3.63) is 77.4 Å². The number of benzene rings is 2. The molecule has 3 rings (SSSR count). The Kier molecular flexibility index (Phi) is 4.70. The van der Waals surface area contributed by atoms with Gasteiger partial charge in [0.2, 0.25) is 5.95 Å². The third-order valence-electron chi connectivity index (χ3n) is 3.78. The van der Waals surface area contributed by atoms with Crippen molar-refractivity contribution in [3.8, 4) is 0 Å². The number of nitrogens with zero attached hydrogens (tertiary/aromatic N) is 2. The van der Waals surface area contributed by atoms with Gasteiger partial charge in [-0.05, 0) is 61.4 Å². The maximum absolute atomic E-state index is 12.9. The summed E-state index contributed by atoms with van der Waals surface area (Å²) in [6.07, 6.45) is 2.88. The summed E-state index contributed by atoms with van der Waals surface area (Å²) in [4.78, 5) is 20.5. The SMILES string of the molecule is Cc1ccc(NC(=O)c2cnc(Nc3ccc(F)cc3)nc2)cc1C. The van der Waals surface area contributed by atoms with Crippen LogP contribution in [0, 0.1) is 19.7 Å². The molecule has 0 radical (unpaired) electrons. The highest BCUT2D eigenvalue weighted by atomic mass is 19.1. The van der Waals surface area contributed by atoms with Crippen LogP contribution in [-0.4, -0.2) is 15.9 Å². The largest absolute Gasteiger partial charge is 0.324 e. The van der Waals surface area contributed by atoms with Crippen molar-refractivity contribution in [2.45, 2.75) is 13.8 Å². The van der Waals surface area contributed by atoms with E-state index in [-0.39, 0.29) is 11.7 Å². The van der Waals surface area contributed by atoms with Crippen molar-refractivity contribution in [1.29, 1.82) is 0 Å². The van der Waals surface area contributed by atoms with Gasteiger partial charge in [0.1, 0.15) is 5.82 Å². The Morgan fingerprint density at radius 1 is 0.920 bits per heavy atom. The molecule has 1 heterocycles. The van der Waals surface area contributed by atoms with Crippen LogP contribution in [-0.2, 0) is 0 Å². The summed E-state index contributed by atoms with van der Waals surface area (Å²) in [5.41, 5.74) is 4.00. The normalized spacial score (nSPS) is 10.4. The van der Waals surface area contributed by atoms with Gasteiger partial charge >= 0.3 is 0 Å². The maximum atomic E-state index is 12.9. The lowest BCUT2D eigenvalue weighted by Crippen LogP contribution is -2.13. The first-order valence-electron chi connectivity index (χ1n) is 7.74. The number of aryl methyl sites for hydroxylation is 2. The molecule has 25 heavy (non-hydrogen) atoms. The molecule has 6 heteroatoms. The minimum atomic E-state index is -0.315. The summed E-state index contributed by atoms with van der Waals surface area (Å²) in [6.45, 7) is 4.01. The third kappa shape index (κ3) is 4.17. The maximum Gasteiger partial charge on any atom is 0.258 e. The zero-order valence-corrected chi connectivity index (χ0v) is 13.9. The van der Waals surface area contributed by atoms with E-state index in [4.69, 9.17) is 0 Å². The Morgan fingerprint density at radius 3 is 2.20 bits per heavy atom. The van der Waals surface area contributed by atoms with Gasteiger partial charge in [0.05, 0.1) is 5.56 Å². The van der Waals surface area contributed by atoms with Crippen molar-refractivity contribution in [2.24, 2.45) is 0 Å². The van der Waals surface area contributed by atoms with Crippen LogP contribution in [0.25, 0.3) is 0 Å². The number of aromatic nitrogens is 2. The molecule has 2 N–H and O–H groups in total. The van der Waals surface area contributed by atoms with Crippen molar-refractivity contribution < 1.29 is 9.18 Å². The summed E-state index contributed by atoms with van der Waals surface area (Å²) in [7, 11) is 0. The molecule has 0 unspecified atom stereocenters. The number of hydrogen-bond acceptors (Lipinski definition) is 4. The second-order valence-corrected chi connectivity index (χ2v) is 5.68. The fraction of sp³-hybridized carbons (Fsp3) is 0.105. The molecular formula is C19H17FN4O. The molecular weight excluding hydrogens is 319 g/mol. The molecule has 5 nitrogen and oxygen atoms in total. The van der Waals surface area contributed by atoms with E-state index in [0.29, 0.717) is 17.2 Å². The van der Waals surface area contributed by atoms with E-state index in [1.165, 1.54) is 24.5 Å². The van der Waals surface area contributed by atoms with E-state index in [0.717, 1.165) is 16.8 Å². The minimum Gasteiger partial charge on any atom is -0.324 e. The van der Waals surface area contributed by atoms with Crippen molar-refractivity contribution >= 4 is 23.2 Å². The first-order valence-corrected chi connectivity index (χ1v) is 7.74. The smallest absolute Gasteiger partial charge is 0.258 e. The zero-order valence-electron chi connectivity index (χ0n) is 13.9. The second-order valence-electron chi connectivity index (χ2n) is 5.68. The molecule has 0 saturated carbocycles. The third-order valence-corrected chi connectivity index (χ3v) is 3.78. The van der Waals surface area contributed by atoms with Gasteiger partial charge in [-0.3, -0.25) is 4.79 Å². The molecule has 2 aromatic carbocycles. The highest BCUT2D eigenvalue weighted by Gasteiger charge is 2.08. The number of nitrogens with one attached hydrogen (secondary N) is 2. The summed E-state index contributed by atoms with van der Waals surface area (Å²) < 4.78 is 12.9. The number of amides is 1. The van der Waals surface area contributed by atoms with E-state index in [2.05, 4.69) is 20.6 Å². The molecule has 126 valence electrons. The van der Waals surface area contributed by atoms with Crippen LogP contribution in [0.15, 0.2) is 54.9 Å². The van der Waals surface area contributed by atoms with Crippen molar-refractivity contribution in [3.63, 3.8) is 0 Å². The Hall–Kier alpha value is -3.28. The van der Waals surface area contributed by atoms with E-state index >= 15 is 0 Å². The lowest BCUT2D eigenvalue weighted by Gasteiger charge is -2.08. The summed E-state index contributed by atoms with van der Waals surface area (Å²) in [6, 6.07) is 11.6. The minimum absolute atomic E-state index is 0.281. The van der Waals surface area contributed by atoms with Gasteiger partial charge in [-0.25, -0.2) is 14.4 Å². The Bertz CT molecular complexity index is 892. The Labute approximate surface area is 145 Å². The van der Waals surface area contributed by atoms with Crippen molar-refractivity contribution in [1.82, 2.24) is 9.97 Å². The van der Waals surface area contributed by atoms with Gasteiger partial charge in [-0.1, -0.05) is 6.07 Å². The average molecular weight is 336 g/mol. The number of anilines is 3. The predicted molar refractivity (Wildman–Crippen MR) is 95.6 cm³/mol.